The summed E-state index contributed by atoms with van der Waals surface area (Å²) in [6.45, 7) is 3.11. The summed E-state index contributed by atoms with van der Waals surface area (Å²) in [5.74, 6) is 0. The predicted molar refractivity (Wildman–Crippen MR) is 66.3 cm³/mol. The first-order valence-corrected chi connectivity index (χ1v) is 5.62. The minimum absolute atomic E-state index is 0.458. The van der Waals surface area contributed by atoms with Gasteiger partial charge in [0.15, 0.2) is 0 Å². The molecule has 0 aliphatic carbocycles. The van der Waals surface area contributed by atoms with Crippen molar-refractivity contribution in [2.75, 3.05) is 0 Å². The molecule has 0 unspecified atom stereocenters. The molecule has 0 fully saturated rings. The predicted octanol–water partition coefficient (Wildman–Crippen LogP) is 1.34. The smallest absolute Gasteiger partial charge is 0.144 e. The summed E-state index contributed by atoms with van der Waals surface area (Å²) in [6, 6.07) is 5.78. The first-order valence-electron chi connectivity index (χ1n) is 5.62. The normalized spacial score (nSPS) is 10.0. The lowest BCUT2D eigenvalue weighted by Crippen LogP contribution is -2.15. The number of rotatable bonds is 4. The zero-order chi connectivity index (χ0) is 12.8. The van der Waals surface area contributed by atoms with E-state index in [4.69, 9.17) is 5.26 Å². The molecule has 2 rings (SSSR count). The number of nitrogens with zero attached hydrogens (tertiary/aromatic N) is 4. The molecule has 2 aromatic rings. The Bertz CT molecular complexity index is 556. The van der Waals surface area contributed by atoms with Crippen molar-refractivity contribution in [1.82, 2.24) is 20.3 Å². The van der Waals surface area contributed by atoms with Crippen molar-refractivity contribution in [3.05, 3.63) is 53.4 Å². The SMILES string of the molecule is Cc1cnc(CNCc2cccnc2C#N)cn1. The monoisotopic (exact) mass is 239 g/mol. The molecule has 0 bridgehead atoms. The maximum absolute atomic E-state index is 8.90. The van der Waals surface area contributed by atoms with E-state index in [0.29, 0.717) is 18.8 Å². The summed E-state index contributed by atoms with van der Waals surface area (Å²) < 4.78 is 0. The zero-order valence-corrected chi connectivity index (χ0v) is 10.1. The summed E-state index contributed by atoms with van der Waals surface area (Å²) in [4.78, 5) is 12.4. The van der Waals surface area contributed by atoms with Gasteiger partial charge in [0.1, 0.15) is 11.8 Å². The molecule has 18 heavy (non-hydrogen) atoms. The average Bonchev–Trinajstić information content (AvgIpc) is 2.41. The summed E-state index contributed by atoms with van der Waals surface area (Å²) in [5, 5.41) is 12.1. The topological polar surface area (TPSA) is 74.5 Å². The van der Waals surface area contributed by atoms with E-state index < -0.39 is 0 Å². The van der Waals surface area contributed by atoms with E-state index in [1.54, 1.807) is 18.6 Å². The van der Waals surface area contributed by atoms with Gasteiger partial charge in [-0.1, -0.05) is 6.07 Å². The Balaban J connectivity index is 1.93. The van der Waals surface area contributed by atoms with Gasteiger partial charge in [0.25, 0.3) is 0 Å². The third-order valence-electron chi connectivity index (χ3n) is 2.45. The molecule has 0 atom stereocenters. The Kier molecular flexibility index (Phi) is 3.94. The second kappa shape index (κ2) is 5.84. The number of hydrogen-bond acceptors (Lipinski definition) is 5. The molecule has 0 amide bonds. The van der Waals surface area contributed by atoms with Gasteiger partial charge in [-0.2, -0.15) is 5.26 Å². The Morgan fingerprint density at radius 2 is 2.11 bits per heavy atom. The molecule has 5 heteroatoms. The highest BCUT2D eigenvalue weighted by Gasteiger charge is 2.02. The van der Waals surface area contributed by atoms with Gasteiger partial charge in [-0.25, -0.2) is 4.98 Å². The van der Waals surface area contributed by atoms with Gasteiger partial charge in [-0.3, -0.25) is 9.97 Å². The molecule has 0 aliphatic rings. The second-order valence-electron chi connectivity index (χ2n) is 3.88. The minimum atomic E-state index is 0.458. The highest BCUT2D eigenvalue weighted by molar-refractivity contribution is 5.30. The molecule has 0 saturated heterocycles. The minimum Gasteiger partial charge on any atom is -0.307 e. The highest BCUT2D eigenvalue weighted by atomic mass is 14.9. The highest BCUT2D eigenvalue weighted by Crippen LogP contribution is 2.03. The Hall–Kier alpha value is -2.32. The van der Waals surface area contributed by atoms with E-state index in [-0.39, 0.29) is 0 Å². The van der Waals surface area contributed by atoms with Crippen LogP contribution in [0.2, 0.25) is 0 Å². The molecule has 0 saturated carbocycles. The molecule has 0 radical (unpaired) electrons. The van der Waals surface area contributed by atoms with E-state index in [9.17, 15) is 0 Å². The second-order valence-corrected chi connectivity index (χ2v) is 3.88. The molecule has 2 aromatic heterocycles. The van der Waals surface area contributed by atoms with Gasteiger partial charge in [0.05, 0.1) is 11.4 Å². The number of nitriles is 1. The summed E-state index contributed by atoms with van der Waals surface area (Å²) in [7, 11) is 0. The van der Waals surface area contributed by atoms with Crippen LogP contribution in [0.25, 0.3) is 0 Å². The first kappa shape index (κ1) is 12.1. The van der Waals surface area contributed by atoms with Gasteiger partial charge in [0.2, 0.25) is 0 Å². The largest absolute Gasteiger partial charge is 0.307 e. The van der Waals surface area contributed by atoms with Crippen molar-refractivity contribution in [2.45, 2.75) is 20.0 Å². The number of aryl methyl sites for hydroxylation is 1. The quantitative estimate of drug-likeness (QED) is 0.871. The van der Waals surface area contributed by atoms with Gasteiger partial charge < -0.3 is 5.32 Å². The van der Waals surface area contributed by atoms with Crippen LogP contribution in [-0.4, -0.2) is 15.0 Å². The van der Waals surface area contributed by atoms with Crippen molar-refractivity contribution >= 4 is 0 Å². The van der Waals surface area contributed by atoms with Gasteiger partial charge >= 0.3 is 0 Å². The number of nitrogens with one attached hydrogen (secondary N) is 1. The van der Waals surface area contributed by atoms with E-state index in [1.807, 2.05) is 19.1 Å². The summed E-state index contributed by atoms with van der Waals surface area (Å²) >= 11 is 0. The lowest BCUT2D eigenvalue weighted by Gasteiger charge is -2.05. The maximum Gasteiger partial charge on any atom is 0.144 e. The number of hydrogen-bond donors (Lipinski definition) is 1. The fourth-order valence-electron chi connectivity index (χ4n) is 1.52. The maximum atomic E-state index is 8.90. The lowest BCUT2D eigenvalue weighted by atomic mass is 10.2. The fraction of sp³-hybridized carbons (Fsp3) is 0.231. The van der Waals surface area contributed by atoms with Gasteiger partial charge in [0, 0.05) is 37.2 Å². The molecule has 90 valence electrons. The molecular formula is C13H13N5. The van der Waals surface area contributed by atoms with Crippen LogP contribution in [0, 0.1) is 18.3 Å². The van der Waals surface area contributed by atoms with Crippen LogP contribution in [0.5, 0.6) is 0 Å². The van der Waals surface area contributed by atoms with E-state index in [1.165, 1.54) is 0 Å². The van der Waals surface area contributed by atoms with Gasteiger partial charge in [-0.15, -0.1) is 0 Å². The van der Waals surface area contributed by atoms with Crippen LogP contribution in [0.3, 0.4) is 0 Å². The van der Waals surface area contributed by atoms with Crippen LogP contribution in [0.1, 0.15) is 22.6 Å². The van der Waals surface area contributed by atoms with E-state index in [0.717, 1.165) is 17.0 Å². The van der Waals surface area contributed by atoms with E-state index in [2.05, 4.69) is 26.3 Å². The lowest BCUT2D eigenvalue weighted by molar-refractivity contribution is 0.673. The molecule has 2 heterocycles. The molecular weight excluding hydrogens is 226 g/mol. The molecule has 0 aliphatic heterocycles. The van der Waals surface area contributed by atoms with Gasteiger partial charge in [-0.05, 0) is 13.0 Å². The number of pyridine rings is 1. The average molecular weight is 239 g/mol. The molecule has 5 nitrogen and oxygen atoms in total. The van der Waals surface area contributed by atoms with Crippen LogP contribution in [0.4, 0.5) is 0 Å². The van der Waals surface area contributed by atoms with Crippen LogP contribution < -0.4 is 5.32 Å². The standard InChI is InChI=1S/C13H13N5/c1-10-6-18-12(9-17-10)8-15-7-11-3-2-4-16-13(11)5-14/h2-4,6,9,15H,7-8H2,1H3. The van der Waals surface area contributed by atoms with Crippen molar-refractivity contribution in [3.8, 4) is 6.07 Å². The van der Waals surface area contributed by atoms with E-state index >= 15 is 0 Å². The Labute approximate surface area is 106 Å². The van der Waals surface area contributed by atoms with Crippen molar-refractivity contribution in [2.24, 2.45) is 0 Å². The third kappa shape index (κ3) is 3.09. The summed E-state index contributed by atoms with van der Waals surface area (Å²) in [6.07, 6.45) is 5.10. The van der Waals surface area contributed by atoms with Crippen LogP contribution in [-0.2, 0) is 13.1 Å². The van der Waals surface area contributed by atoms with Crippen molar-refractivity contribution in [3.63, 3.8) is 0 Å². The zero-order valence-electron chi connectivity index (χ0n) is 10.1. The number of aromatic nitrogens is 3. The van der Waals surface area contributed by atoms with Crippen molar-refractivity contribution in [1.29, 1.82) is 5.26 Å². The molecule has 1 N–H and O–H groups in total. The van der Waals surface area contributed by atoms with Crippen molar-refractivity contribution < 1.29 is 0 Å². The molecule has 0 spiro atoms. The Morgan fingerprint density at radius 1 is 1.22 bits per heavy atom. The first-order chi connectivity index (χ1) is 8.79. The summed E-state index contributed by atoms with van der Waals surface area (Å²) in [5.41, 5.74) is 3.13. The Morgan fingerprint density at radius 3 is 2.83 bits per heavy atom. The van der Waals surface area contributed by atoms with Crippen LogP contribution in [0.15, 0.2) is 30.7 Å². The van der Waals surface area contributed by atoms with Crippen LogP contribution >= 0.6 is 0 Å². The molecule has 0 aromatic carbocycles. The fourth-order valence-corrected chi connectivity index (χ4v) is 1.52. The third-order valence-corrected chi connectivity index (χ3v) is 2.45.